The number of nitrogens with zero attached hydrogens (tertiary/aromatic N) is 4. The summed E-state index contributed by atoms with van der Waals surface area (Å²) in [5.74, 6) is 2.27. The molecule has 1 unspecified atom stereocenters. The number of hydrazine groups is 1. The zero-order chi connectivity index (χ0) is 20.3. The lowest BCUT2D eigenvalue weighted by molar-refractivity contribution is -0.0725. The summed E-state index contributed by atoms with van der Waals surface area (Å²) in [7, 11) is 0. The Kier molecular flexibility index (Phi) is 4.15. The Labute approximate surface area is 177 Å². The maximum Gasteiger partial charge on any atom is 0.146 e. The van der Waals surface area contributed by atoms with Gasteiger partial charge in [-0.15, -0.1) is 0 Å². The van der Waals surface area contributed by atoms with Crippen LogP contribution in [0, 0.1) is 11.3 Å². The fourth-order valence-corrected chi connectivity index (χ4v) is 6.22. The lowest BCUT2D eigenvalue weighted by atomic mass is 9.52. The summed E-state index contributed by atoms with van der Waals surface area (Å²) in [5, 5.41) is 4.31. The molecule has 6 heteroatoms. The van der Waals surface area contributed by atoms with Gasteiger partial charge in [-0.25, -0.2) is 10.0 Å². The maximum absolute atomic E-state index is 6.05. The number of pyridine rings is 1. The lowest BCUT2D eigenvalue weighted by Crippen LogP contribution is -2.61. The number of likely N-dealkylation sites (tertiary alicyclic amines) is 1. The summed E-state index contributed by atoms with van der Waals surface area (Å²) in [6.07, 6.45) is 11.3. The van der Waals surface area contributed by atoms with E-state index in [1.165, 1.54) is 45.1 Å². The Morgan fingerprint density at radius 2 is 2.03 bits per heavy atom. The van der Waals surface area contributed by atoms with E-state index in [-0.39, 0.29) is 0 Å². The molecule has 2 saturated carbocycles. The zero-order valence-corrected chi connectivity index (χ0v) is 17.4. The minimum absolute atomic E-state index is 0.442. The Hall–Kier alpha value is -2.44. The number of hydrogen-bond acceptors (Lipinski definition) is 6. The molecule has 3 N–H and O–H groups in total. The van der Waals surface area contributed by atoms with Crippen LogP contribution in [0.3, 0.4) is 0 Å². The van der Waals surface area contributed by atoms with E-state index in [1.807, 2.05) is 17.4 Å². The average molecular weight is 403 g/mol. The van der Waals surface area contributed by atoms with Crippen LogP contribution in [-0.2, 0) is 0 Å². The SMILES string of the molecule is C=C1N=C(C2CCCN(C3CC4(CC(N)C4)C3)C2)NN1c1cccc2cnccc12. The van der Waals surface area contributed by atoms with Gasteiger partial charge in [0.1, 0.15) is 11.7 Å². The summed E-state index contributed by atoms with van der Waals surface area (Å²) < 4.78 is 0. The molecule has 2 aromatic rings. The summed E-state index contributed by atoms with van der Waals surface area (Å²) in [5.41, 5.74) is 11.3. The molecule has 6 nitrogen and oxygen atoms in total. The Morgan fingerprint density at radius 3 is 2.87 bits per heavy atom. The highest BCUT2D eigenvalue weighted by Crippen LogP contribution is 2.57. The van der Waals surface area contributed by atoms with Gasteiger partial charge in [-0.2, -0.15) is 0 Å². The molecule has 2 aliphatic heterocycles. The van der Waals surface area contributed by atoms with Crippen LogP contribution in [-0.4, -0.2) is 40.9 Å². The van der Waals surface area contributed by atoms with Gasteiger partial charge in [-0.05, 0) is 62.6 Å². The van der Waals surface area contributed by atoms with Crippen LogP contribution < -0.4 is 16.2 Å². The van der Waals surface area contributed by atoms with Gasteiger partial charge < -0.3 is 5.73 Å². The molecular weight excluding hydrogens is 372 g/mol. The molecule has 0 radical (unpaired) electrons. The number of aromatic nitrogens is 1. The number of anilines is 1. The fourth-order valence-electron chi connectivity index (χ4n) is 6.22. The highest BCUT2D eigenvalue weighted by atomic mass is 15.6. The minimum Gasteiger partial charge on any atom is -0.328 e. The number of piperidine rings is 1. The van der Waals surface area contributed by atoms with Gasteiger partial charge >= 0.3 is 0 Å². The highest BCUT2D eigenvalue weighted by Gasteiger charge is 2.53. The highest BCUT2D eigenvalue weighted by molar-refractivity contribution is 5.98. The first-order valence-electron chi connectivity index (χ1n) is 11.3. The Morgan fingerprint density at radius 1 is 1.17 bits per heavy atom. The molecular formula is C24H30N6. The molecule has 3 fully saturated rings. The van der Waals surface area contributed by atoms with E-state index < -0.39 is 0 Å². The van der Waals surface area contributed by atoms with Gasteiger partial charge in [-0.3, -0.25) is 15.3 Å². The van der Waals surface area contributed by atoms with Gasteiger partial charge in [0.05, 0.1) is 5.69 Å². The molecule has 1 aromatic carbocycles. The van der Waals surface area contributed by atoms with Crippen LogP contribution in [0.2, 0.25) is 0 Å². The predicted octanol–water partition coefficient (Wildman–Crippen LogP) is 3.41. The largest absolute Gasteiger partial charge is 0.328 e. The standard InChI is InChI=1S/C24H30N6/c1-16-27-23(28-30(16)22-6-2-4-17-14-26-8-7-21(17)22)18-5-3-9-29(15-18)20-12-24(13-20)10-19(25)11-24/h2,4,6-8,14,18-20H,1,3,5,9-13,15,25H2,(H,27,28). The van der Waals surface area contributed by atoms with Gasteiger partial charge in [0.2, 0.25) is 0 Å². The van der Waals surface area contributed by atoms with Gasteiger partial charge in [0, 0.05) is 47.7 Å². The van der Waals surface area contributed by atoms with Crippen molar-refractivity contribution in [2.75, 3.05) is 18.1 Å². The Balaban J connectivity index is 1.15. The number of hydrogen-bond donors (Lipinski definition) is 2. The van der Waals surface area contributed by atoms with Crippen LogP contribution in [0.25, 0.3) is 10.8 Å². The molecule has 1 saturated heterocycles. The van der Waals surface area contributed by atoms with Crippen molar-refractivity contribution in [3.63, 3.8) is 0 Å². The van der Waals surface area contributed by atoms with Crippen LogP contribution in [0.15, 0.2) is 54.1 Å². The first-order chi connectivity index (χ1) is 14.6. The van der Waals surface area contributed by atoms with E-state index in [2.05, 4.69) is 46.2 Å². The average Bonchev–Trinajstić information content (AvgIpc) is 3.11. The molecule has 6 rings (SSSR count). The van der Waals surface area contributed by atoms with Crippen molar-refractivity contribution in [3.8, 4) is 0 Å². The van der Waals surface area contributed by atoms with E-state index in [4.69, 9.17) is 10.7 Å². The number of nitrogens with one attached hydrogen (secondary N) is 1. The van der Waals surface area contributed by atoms with Crippen molar-refractivity contribution in [1.82, 2.24) is 15.3 Å². The lowest BCUT2D eigenvalue weighted by Gasteiger charge is -2.60. The molecule has 3 heterocycles. The summed E-state index contributed by atoms with van der Waals surface area (Å²) >= 11 is 0. The van der Waals surface area contributed by atoms with Crippen molar-refractivity contribution in [1.29, 1.82) is 0 Å². The third-order valence-corrected chi connectivity index (χ3v) is 7.72. The molecule has 1 spiro atoms. The third kappa shape index (κ3) is 2.93. The van der Waals surface area contributed by atoms with Crippen LogP contribution in [0.5, 0.6) is 0 Å². The van der Waals surface area contributed by atoms with Crippen molar-refractivity contribution >= 4 is 22.3 Å². The third-order valence-electron chi connectivity index (χ3n) is 7.72. The number of rotatable bonds is 3. The van der Waals surface area contributed by atoms with E-state index in [9.17, 15) is 0 Å². The molecule has 2 aliphatic carbocycles. The monoisotopic (exact) mass is 402 g/mol. The summed E-state index contributed by atoms with van der Waals surface area (Å²) in [6.45, 7) is 6.54. The van der Waals surface area contributed by atoms with Crippen molar-refractivity contribution in [2.45, 2.75) is 50.6 Å². The van der Waals surface area contributed by atoms with Crippen LogP contribution in [0.4, 0.5) is 5.69 Å². The number of benzene rings is 1. The van der Waals surface area contributed by atoms with Gasteiger partial charge in [0.25, 0.3) is 0 Å². The smallest absolute Gasteiger partial charge is 0.146 e. The first-order valence-corrected chi connectivity index (χ1v) is 11.3. The number of fused-ring (bicyclic) bond motifs is 1. The van der Waals surface area contributed by atoms with E-state index >= 15 is 0 Å². The second kappa shape index (κ2) is 6.79. The van der Waals surface area contributed by atoms with Crippen molar-refractivity contribution < 1.29 is 0 Å². The van der Waals surface area contributed by atoms with Crippen LogP contribution >= 0.6 is 0 Å². The quantitative estimate of drug-likeness (QED) is 0.823. The number of amidine groups is 1. The number of aliphatic imine (C=N–C) groups is 1. The summed E-state index contributed by atoms with van der Waals surface area (Å²) in [6, 6.07) is 9.52. The molecule has 30 heavy (non-hydrogen) atoms. The minimum atomic E-state index is 0.442. The molecule has 0 amide bonds. The first kappa shape index (κ1) is 18.3. The molecule has 156 valence electrons. The second-order valence-electron chi connectivity index (χ2n) is 9.80. The zero-order valence-electron chi connectivity index (χ0n) is 17.4. The van der Waals surface area contributed by atoms with E-state index in [0.29, 0.717) is 17.4 Å². The molecule has 1 aromatic heterocycles. The van der Waals surface area contributed by atoms with Gasteiger partial charge in [0.15, 0.2) is 0 Å². The fraction of sp³-hybridized carbons (Fsp3) is 0.500. The molecule has 0 bridgehead atoms. The Bertz CT molecular complexity index is 1010. The van der Waals surface area contributed by atoms with E-state index in [0.717, 1.165) is 40.7 Å². The molecule has 1 atom stereocenters. The van der Waals surface area contributed by atoms with Crippen molar-refractivity contribution in [3.05, 3.63) is 49.1 Å². The van der Waals surface area contributed by atoms with E-state index in [1.54, 1.807) is 0 Å². The number of nitrogens with two attached hydrogens (primary N) is 1. The summed E-state index contributed by atoms with van der Waals surface area (Å²) in [4.78, 5) is 11.8. The van der Waals surface area contributed by atoms with Gasteiger partial charge in [-0.1, -0.05) is 18.7 Å². The van der Waals surface area contributed by atoms with Crippen LogP contribution in [0.1, 0.15) is 38.5 Å². The topological polar surface area (TPSA) is 69.8 Å². The van der Waals surface area contributed by atoms with Crippen molar-refractivity contribution in [2.24, 2.45) is 22.1 Å². The maximum atomic E-state index is 6.05. The normalized spacial score (nSPS) is 33.9. The molecule has 4 aliphatic rings. The second-order valence-corrected chi connectivity index (χ2v) is 9.80. The predicted molar refractivity (Wildman–Crippen MR) is 121 cm³/mol.